The molecule has 0 aromatic heterocycles. The van der Waals surface area contributed by atoms with Crippen molar-refractivity contribution in [1.82, 2.24) is 0 Å². The molecule has 0 nitrogen and oxygen atoms in total. The maximum atomic E-state index is 15.0. The van der Waals surface area contributed by atoms with E-state index in [1.165, 1.54) is 0 Å². The van der Waals surface area contributed by atoms with E-state index in [2.05, 4.69) is 0 Å². The van der Waals surface area contributed by atoms with Gasteiger partial charge in [0.25, 0.3) is 0 Å². The Balaban J connectivity index is 3.64. The van der Waals surface area contributed by atoms with E-state index in [1.54, 1.807) is 0 Å². The highest BCUT2D eigenvalue weighted by Gasteiger charge is 2.88. The molecule has 0 N–H and O–H groups in total. The minimum Gasteiger partial charge on any atom is -0.218 e. The Bertz CT molecular complexity index is 1520. The summed E-state index contributed by atoms with van der Waals surface area (Å²) in [5, 5.41) is 0. The van der Waals surface area contributed by atoms with Crippen molar-refractivity contribution in [3.8, 4) is 11.1 Å². The zero-order valence-electron chi connectivity index (χ0n) is 20.3. The zero-order valence-corrected chi connectivity index (χ0v) is 20.3. The first-order valence-electron chi connectivity index (χ1n) is 10.4. The predicted octanol–water partition coefficient (Wildman–Crippen LogP) is 10.6. The molecule has 0 aliphatic carbocycles. The maximum absolute atomic E-state index is 15.0. The van der Waals surface area contributed by atoms with Crippen molar-refractivity contribution in [1.29, 1.82) is 0 Å². The number of alkyl halides is 16. The summed E-state index contributed by atoms with van der Waals surface area (Å²) in [7, 11) is 0. The topological polar surface area (TPSA) is 0 Å². The molecule has 0 aliphatic heterocycles. The molecule has 0 heterocycles. The van der Waals surface area contributed by atoms with Crippen molar-refractivity contribution in [3.05, 3.63) is 69.3 Å². The van der Waals surface area contributed by atoms with E-state index in [-0.39, 0.29) is 0 Å². The molecule has 2 aromatic carbocycles. The first-order valence-corrected chi connectivity index (χ1v) is 10.4. The molecule has 47 heavy (non-hydrogen) atoms. The van der Waals surface area contributed by atoms with Gasteiger partial charge in [-0.15, -0.1) is 0 Å². The van der Waals surface area contributed by atoms with Crippen molar-refractivity contribution in [2.75, 3.05) is 0 Å². The Morgan fingerprint density at radius 3 is 0.830 bits per heavy atom. The van der Waals surface area contributed by atoms with Crippen molar-refractivity contribution in [3.63, 3.8) is 0 Å². The lowest BCUT2D eigenvalue weighted by molar-refractivity contribution is -0.350. The second kappa shape index (κ2) is 11.2. The summed E-state index contributed by atoms with van der Waals surface area (Å²) in [5.41, 5.74) is -36.5. The van der Waals surface area contributed by atoms with Gasteiger partial charge in [-0.2, -0.15) is 65.9 Å². The molecule has 0 spiro atoms. The molecule has 0 unspecified atom stereocenters. The van der Waals surface area contributed by atoms with Crippen LogP contribution in [-0.2, 0) is 5.41 Å². The quantitative estimate of drug-likeness (QED) is 0.166. The summed E-state index contributed by atoms with van der Waals surface area (Å²) in [5.74, 6) is -41.8. The Hall–Kier alpha value is -3.64. The van der Waals surface area contributed by atoms with Gasteiger partial charge in [-0.3, -0.25) is 0 Å². The monoisotopic (exact) mass is 746 g/mol. The van der Waals surface area contributed by atoms with Crippen molar-refractivity contribution < 1.29 is 114 Å². The third-order valence-electron chi connectivity index (χ3n) is 5.92. The van der Waals surface area contributed by atoms with E-state index in [9.17, 15) is 114 Å². The van der Waals surface area contributed by atoms with E-state index in [4.69, 9.17) is 0 Å². The van der Waals surface area contributed by atoms with Gasteiger partial charge in [-0.25, -0.2) is 48.3 Å². The summed E-state index contributed by atoms with van der Waals surface area (Å²) in [6, 6.07) is 0. The lowest BCUT2D eigenvalue weighted by atomic mass is 9.65. The fourth-order valence-electron chi connectivity index (χ4n) is 4.02. The third kappa shape index (κ3) is 5.47. The fraction of sp³-hybridized carbons (Fsp3) is 0.333. The van der Waals surface area contributed by atoms with Gasteiger partial charge >= 0.3 is 36.6 Å². The van der Waals surface area contributed by atoms with Gasteiger partial charge in [0, 0.05) is 0 Å². The Labute approximate surface area is 237 Å². The summed E-state index contributed by atoms with van der Waals surface area (Å²) >= 11 is 0. The van der Waals surface area contributed by atoms with E-state index < -0.39 is 122 Å². The molecule has 0 radical (unpaired) electrons. The van der Waals surface area contributed by atoms with E-state index in [0.29, 0.717) is 0 Å². The van der Waals surface area contributed by atoms with Crippen molar-refractivity contribution in [2.45, 2.75) is 42.0 Å². The van der Waals surface area contributed by atoms with E-state index in [0.717, 1.165) is 0 Å². The molecule has 0 aliphatic rings. The molecule has 26 heteroatoms. The van der Waals surface area contributed by atoms with Gasteiger partial charge in [0.2, 0.25) is 17.1 Å². The van der Waals surface area contributed by atoms with E-state index in [1.807, 2.05) is 0 Å². The van der Waals surface area contributed by atoms with Crippen LogP contribution < -0.4 is 0 Å². The molecule has 2 rings (SSSR count). The van der Waals surface area contributed by atoms with Gasteiger partial charge in [-0.1, -0.05) is 0 Å². The van der Waals surface area contributed by atoms with Crippen LogP contribution in [0, 0.1) is 52.4 Å². The van der Waals surface area contributed by atoms with Crippen LogP contribution in [0.25, 0.3) is 11.1 Å². The zero-order chi connectivity index (χ0) is 37.6. The highest BCUT2D eigenvalue weighted by Crippen LogP contribution is 2.67. The lowest BCUT2D eigenvalue weighted by Gasteiger charge is -2.45. The Morgan fingerprint density at radius 2 is 0.596 bits per heavy atom. The van der Waals surface area contributed by atoms with Crippen LogP contribution in [0.1, 0.15) is 5.56 Å². The maximum Gasteiger partial charge on any atom is 0.443 e. The molecular weight excluding hydrogens is 746 g/mol. The highest BCUT2D eigenvalue weighted by molar-refractivity contribution is 5.69. The number of hydrogen-bond donors (Lipinski definition) is 0. The molecule has 0 saturated heterocycles. The molecule has 0 atom stereocenters. The second-order valence-corrected chi connectivity index (χ2v) is 8.54. The number of allylic oxidation sites excluding steroid dienone is 2. The molecule has 0 bridgehead atoms. The third-order valence-corrected chi connectivity index (χ3v) is 5.92. The summed E-state index contributed by atoms with van der Waals surface area (Å²) in [6.45, 7) is 0. The predicted molar refractivity (Wildman–Crippen MR) is 95.4 cm³/mol. The summed E-state index contributed by atoms with van der Waals surface area (Å²) in [6.07, 6.45) is -43.1. The summed E-state index contributed by atoms with van der Waals surface area (Å²) in [4.78, 5) is 0. The normalized spacial score (nSPS) is 14.9. The average Bonchev–Trinajstić information content (AvgIpc) is 2.87. The smallest absolute Gasteiger partial charge is 0.218 e. The van der Waals surface area contributed by atoms with Crippen molar-refractivity contribution >= 4 is 0 Å². The fourth-order valence-corrected chi connectivity index (χ4v) is 4.02. The molecule has 266 valence electrons. The number of hydrogen-bond acceptors (Lipinski definition) is 0. The Morgan fingerprint density at radius 1 is 0.340 bits per heavy atom. The highest BCUT2D eigenvalue weighted by atomic mass is 19.4. The number of benzene rings is 2. The minimum absolute atomic E-state index is 3.29. The SMILES string of the molecule is F/C(=C(/C(F)(C(F)(F)F)C(F)(F)F)C(c1c(F)c(F)c(-c2c(F)c(F)c(F)c(F)c2F)c(F)c1F)(C(F)(F)F)C(F)(F)F)C(F)(F)F. The first-order chi connectivity index (χ1) is 20.6. The Kier molecular flexibility index (Phi) is 9.44. The molecular formula is C21F26. The van der Waals surface area contributed by atoms with Crippen LogP contribution in [0.2, 0.25) is 0 Å². The largest absolute Gasteiger partial charge is 0.443 e. The average molecular weight is 746 g/mol. The molecule has 2 aromatic rings. The minimum atomic E-state index is -9.00. The van der Waals surface area contributed by atoms with Gasteiger partial charge < -0.3 is 0 Å². The van der Waals surface area contributed by atoms with Crippen LogP contribution in [0.4, 0.5) is 114 Å². The molecule has 0 saturated carbocycles. The standard InChI is InChI=1S/C21F26/c22-4-1(2-6(24)10(28)12(30)11(29)7(2)25)5(23)9(27)3(8(4)26)15(18(36,37)38,19(39,40)41)13(14(31)17(33,34)35)16(32,20(42,43)44)21(45,46)47/b14-13+. The van der Waals surface area contributed by atoms with Crippen LogP contribution in [0.3, 0.4) is 0 Å². The first kappa shape index (κ1) is 39.5. The summed E-state index contributed by atoms with van der Waals surface area (Å²) < 4.78 is 361. The molecule has 0 fully saturated rings. The van der Waals surface area contributed by atoms with Crippen LogP contribution >= 0.6 is 0 Å². The van der Waals surface area contributed by atoms with Gasteiger partial charge in [0.15, 0.2) is 46.5 Å². The van der Waals surface area contributed by atoms with Gasteiger partial charge in [0.1, 0.15) is 0 Å². The number of rotatable bonds is 4. The van der Waals surface area contributed by atoms with E-state index >= 15 is 0 Å². The van der Waals surface area contributed by atoms with Crippen LogP contribution in [0.5, 0.6) is 0 Å². The van der Waals surface area contributed by atoms with Gasteiger partial charge in [0.05, 0.1) is 22.3 Å². The second-order valence-electron chi connectivity index (χ2n) is 8.54. The number of halogens is 26. The van der Waals surface area contributed by atoms with Crippen LogP contribution in [-0.4, -0.2) is 36.6 Å². The molecule has 0 amide bonds. The van der Waals surface area contributed by atoms with Gasteiger partial charge in [-0.05, 0) is 0 Å². The van der Waals surface area contributed by atoms with Crippen LogP contribution in [0.15, 0.2) is 11.4 Å². The van der Waals surface area contributed by atoms with Crippen molar-refractivity contribution in [2.24, 2.45) is 0 Å². The lowest BCUT2D eigenvalue weighted by Crippen LogP contribution is -2.67.